The third-order valence-corrected chi connectivity index (χ3v) is 10.3. The topological polar surface area (TPSA) is 81.3 Å². The molecule has 1 aliphatic heterocycles. The summed E-state index contributed by atoms with van der Waals surface area (Å²) < 4.78 is 35.0. The lowest BCUT2D eigenvalue weighted by Crippen LogP contribution is -2.47. The number of aromatic amines is 1. The Morgan fingerprint density at radius 2 is 1.67 bits per heavy atom. The number of H-pyrrole nitrogens is 1. The standard InChI is InChI=1S/C27H33N5O2S2/c33-36(34,26-19-28-24-7-3-1-5-22(24)26)30-21-11-9-20(10-12-21)13-14-31-15-17-32(18-16-31)27-23-6-2-4-8-25(23)35-29-27/h1-8,19-21,28,30H,9-18H2/t20-,21+. The molecule has 3 heterocycles. The second-order valence-electron chi connectivity index (χ2n) is 10.2. The minimum atomic E-state index is -3.53. The van der Waals surface area contributed by atoms with Crippen molar-refractivity contribution in [2.24, 2.45) is 5.92 Å². The fourth-order valence-corrected chi connectivity index (χ4v) is 8.05. The molecule has 190 valence electrons. The highest BCUT2D eigenvalue weighted by atomic mass is 32.2. The molecule has 36 heavy (non-hydrogen) atoms. The van der Waals surface area contributed by atoms with Crippen molar-refractivity contribution >= 4 is 48.4 Å². The average molecular weight is 524 g/mol. The predicted octanol–water partition coefficient (Wildman–Crippen LogP) is 4.83. The van der Waals surface area contributed by atoms with Crippen molar-refractivity contribution in [3.05, 3.63) is 54.7 Å². The molecule has 1 saturated carbocycles. The number of para-hydroxylation sites is 1. The molecular weight excluding hydrogens is 490 g/mol. The molecule has 2 aliphatic rings. The maximum atomic E-state index is 13.0. The number of rotatable bonds is 7. The van der Waals surface area contributed by atoms with Crippen LogP contribution in [0.3, 0.4) is 0 Å². The first-order valence-electron chi connectivity index (χ1n) is 13.0. The zero-order valence-corrected chi connectivity index (χ0v) is 22.0. The van der Waals surface area contributed by atoms with Crippen molar-refractivity contribution in [2.45, 2.75) is 43.0 Å². The minimum Gasteiger partial charge on any atom is -0.360 e. The predicted molar refractivity (Wildman–Crippen MR) is 147 cm³/mol. The first-order chi connectivity index (χ1) is 17.6. The van der Waals surface area contributed by atoms with E-state index in [2.05, 4.69) is 43.8 Å². The van der Waals surface area contributed by atoms with E-state index in [1.54, 1.807) is 17.7 Å². The van der Waals surface area contributed by atoms with Gasteiger partial charge in [-0.3, -0.25) is 4.90 Å². The summed E-state index contributed by atoms with van der Waals surface area (Å²) in [5.74, 6) is 1.82. The molecule has 4 aromatic rings. The Balaban J connectivity index is 0.959. The summed E-state index contributed by atoms with van der Waals surface area (Å²) >= 11 is 1.59. The van der Waals surface area contributed by atoms with Crippen molar-refractivity contribution in [2.75, 3.05) is 37.6 Å². The van der Waals surface area contributed by atoms with Crippen LogP contribution in [-0.4, -0.2) is 61.4 Å². The second-order valence-corrected chi connectivity index (χ2v) is 12.6. The summed E-state index contributed by atoms with van der Waals surface area (Å²) in [5.41, 5.74) is 0.849. The van der Waals surface area contributed by atoms with E-state index in [9.17, 15) is 8.42 Å². The van der Waals surface area contributed by atoms with Crippen molar-refractivity contribution in [1.29, 1.82) is 0 Å². The Kier molecular flexibility index (Phi) is 6.73. The summed E-state index contributed by atoms with van der Waals surface area (Å²) in [4.78, 5) is 8.44. The van der Waals surface area contributed by atoms with Gasteiger partial charge in [-0.1, -0.05) is 30.3 Å². The smallest absolute Gasteiger partial charge is 0.242 e. The molecule has 0 bridgehead atoms. The van der Waals surface area contributed by atoms with Crippen molar-refractivity contribution in [1.82, 2.24) is 19.0 Å². The zero-order chi connectivity index (χ0) is 24.5. The van der Waals surface area contributed by atoms with Crippen LogP contribution in [-0.2, 0) is 10.0 Å². The van der Waals surface area contributed by atoms with E-state index >= 15 is 0 Å². The molecule has 0 amide bonds. The quantitative estimate of drug-likeness (QED) is 0.363. The van der Waals surface area contributed by atoms with Gasteiger partial charge in [0.05, 0.1) is 4.70 Å². The van der Waals surface area contributed by atoms with E-state index in [-0.39, 0.29) is 6.04 Å². The number of benzene rings is 2. The van der Waals surface area contributed by atoms with Crippen LogP contribution in [0.25, 0.3) is 21.0 Å². The number of anilines is 1. The SMILES string of the molecule is O=S(=O)(N[C@H]1CC[C@@H](CCN2CCN(c3nsc4ccccc34)CC2)CC1)c1c[nH]c2ccccc12. The Morgan fingerprint density at radius 1 is 0.944 bits per heavy atom. The number of hydrogen-bond donors (Lipinski definition) is 2. The van der Waals surface area contributed by atoms with Crippen molar-refractivity contribution in [3.8, 4) is 0 Å². The summed E-state index contributed by atoms with van der Waals surface area (Å²) in [7, 11) is -3.53. The molecule has 7 nitrogen and oxygen atoms in total. The summed E-state index contributed by atoms with van der Waals surface area (Å²) in [5, 5.41) is 2.02. The second kappa shape index (κ2) is 10.1. The molecule has 1 aliphatic carbocycles. The van der Waals surface area contributed by atoms with Gasteiger partial charge >= 0.3 is 0 Å². The first-order valence-corrected chi connectivity index (χ1v) is 15.2. The highest BCUT2D eigenvalue weighted by molar-refractivity contribution is 7.89. The number of aromatic nitrogens is 2. The van der Waals surface area contributed by atoms with Gasteiger partial charge in [-0.2, -0.15) is 4.37 Å². The van der Waals surface area contributed by atoms with Gasteiger partial charge in [0.15, 0.2) is 0 Å². The lowest BCUT2D eigenvalue weighted by atomic mass is 9.84. The molecule has 0 spiro atoms. The molecule has 6 rings (SSSR count). The summed E-state index contributed by atoms with van der Waals surface area (Å²) in [6.45, 7) is 5.32. The lowest BCUT2D eigenvalue weighted by molar-refractivity contribution is 0.214. The van der Waals surface area contributed by atoms with Gasteiger partial charge in [0, 0.05) is 54.7 Å². The van der Waals surface area contributed by atoms with Gasteiger partial charge in [0.25, 0.3) is 0 Å². The number of piperazine rings is 1. The average Bonchev–Trinajstić information content (AvgIpc) is 3.54. The Labute approximate surface area is 216 Å². The Bertz CT molecular complexity index is 1430. The molecule has 1 saturated heterocycles. The third-order valence-electron chi connectivity index (χ3n) is 7.89. The molecule has 0 radical (unpaired) electrons. The fraction of sp³-hybridized carbons (Fsp3) is 0.444. The summed E-state index contributed by atoms with van der Waals surface area (Å²) in [6.07, 6.45) is 6.81. The van der Waals surface area contributed by atoms with E-state index in [4.69, 9.17) is 4.37 Å². The van der Waals surface area contributed by atoms with Gasteiger partial charge in [-0.05, 0) is 74.3 Å². The fourth-order valence-electron chi connectivity index (χ4n) is 5.77. The maximum absolute atomic E-state index is 13.0. The van der Waals surface area contributed by atoms with Gasteiger partial charge in [0.2, 0.25) is 10.0 Å². The Morgan fingerprint density at radius 3 is 2.47 bits per heavy atom. The molecule has 9 heteroatoms. The highest BCUT2D eigenvalue weighted by Crippen LogP contribution is 2.31. The summed E-state index contributed by atoms with van der Waals surface area (Å²) in [6, 6.07) is 16.1. The van der Waals surface area contributed by atoms with E-state index in [0.29, 0.717) is 10.8 Å². The lowest BCUT2D eigenvalue weighted by Gasteiger charge is -2.36. The normalized spacial score (nSPS) is 21.9. The van der Waals surface area contributed by atoms with E-state index in [1.807, 2.05) is 24.3 Å². The van der Waals surface area contributed by atoms with Crippen molar-refractivity contribution in [3.63, 3.8) is 0 Å². The van der Waals surface area contributed by atoms with Gasteiger partial charge in [0.1, 0.15) is 10.7 Å². The third kappa shape index (κ3) is 4.89. The van der Waals surface area contributed by atoms with Crippen LogP contribution in [0.15, 0.2) is 59.6 Å². The van der Waals surface area contributed by atoms with Gasteiger partial charge in [-0.25, -0.2) is 13.1 Å². The number of fused-ring (bicyclic) bond motifs is 2. The molecule has 0 atom stereocenters. The number of sulfonamides is 1. The van der Waals surface area contributed by atoms with Crippen LogP contribution in [0.4, 0.5) is 5.82 Å². The van der Waals surface area contributed by atoms with Crippen LogP contribution in [0, 0.1) is 5.92 Å². The largest absolute Gasteiger partial charge is 0.360 e. The van der Waals surface area contributed by atoms with E-state index in [0.717, 1.165) is 75.1 Å². The molecule has 2 aromatic carbocycles. The van der Waals surface area contributed by atoms with Crippen LogP contribution in [0.2, 0.25) is 0 Å². The molecule has 2 aromatic heterocycles. The number of nitrogens with zero attached hydrogens (tertiary/aromatic N) is 3. The van der Waals surface area contributed by atoms with Crippen LogP contribution in [0.5, 0.6) is 0 Å². The van der Waals surface area contributed by atoms with Crippen LogP contribution < -0.4 is 9.62 Å². The maximum Gasteiger partial charge on any atom is 0.242 e. The molecule has 2 N–H and O–H groups in total. The monoisotopic (exact) mass is 523 g/mol. The molecule has 2 fully saturated rings. The van der Waals surface area contributed by atoms with Gasteiger partial charge < -0.3 is 9.88 Å². The van der Waals surface area contributed by atoms with Gasteiger partial charge in [-0.15, -0.1) is 0 Å². The highest BCUT2D eigenvalue weighted by Gasteiger charge is 2.28. The van der Waals surface area contributed by atoms with Crippen LogP contribution in [0.1, 0.15) is 32.1 Å². The van der Waals surface area contributed by atoms with E-state index in [1.165, 1.54) is 16.5 Å². The number of nitrogens with one attached hydrogen (secondary N) is 2. The van der Waals surface area contributed by atoms with Crippen molar-refractivity contribution < 1.29 is 8.42 Å². The van der Waals surface area contributed by atoms with Crippen LogP contribution >= 0.6 is 11.5 Å². The molecular formula is C27H33N5O2S2. The molecule has 0 unspecified atom stereocenters. The minimum absolute atomic E-state index is 0.0244. The van der Waals surface area contributed by atoms with E-state index < -0.39 is 10.0 Å². The Hall–Kier alpha value is -2.46. The first kappa shape index (κ1) is 23.9. The number of hydrogen-bond acceptors (Lipinski definition) is 6. The zero-order valence-electron chi connectivity index (χ0n) is 20.4.